The van der Waals surface area contributed by atoms with Crippen molar-refractivity contribution in [1.82, 2.24) is 4.90 Å². The topological polar surface area (TPSA) is 58.4 Å². The summed E-state index contributed by atoms with van der Waals surface area (Å²) in [5, 5.41) is 3.54. The van der Waals surface area contributed by atoms with E-state index in [2.05, 4.69) is 36.5 Å². The van der Waals surface area contributed by atoms with Crippen LogP contribution in [0, 0.1) is 6.92 Å². The lowest BCUT2D eigenvalue weighted by Gasteiger charge is -2.33. The highest BCUT2D eigenvalue weighted by molar-refractivity contribution is 5.85. The first-order valence-corrected chi connectivity index (χ1v) is 6.94. The number of carbonyl (C=O) groups excluding carboxylic acids is 1. The molecule has 112 valence electrons. The zero-order chi connectivity index (χ0) is 13.8. The van der Waals surface area contributed by atoms with Gasteiger partial charge in [-0.3, -0.25) is 4.79 Å². The third-order valence-corrected chi connectivity index (χ3v) is 3.59. The smallest absolute Gasteiger partial charge is 0.239 e. The third kappa shape index (κ3) is 4.39. The van der Waals surface area contributed by atoms with Crippen molar-refractivity contribution in [3.63, 3.8) is 0 Å². The fourth-order valence-corrected chi connectivity index (χ4v) is 2.50. The monoisotopic (exact) mass is 297 g/mol. The van der Waals surface area contributed by atoms with Gasteiger partial charge in [0, 0.05) is 24.8 Å². The Bertz CT molecular complexity index is 442. The molecule has 1 saturated heterocycles. The molecule has 1 heterocycles. The van der Waals surface area contributed by atoms with Gasteiger partial charge >= 0.3 is 0 Å². The summed E-state index contributed by atoms with van der Waals surface area (Å²) in [4.78, 5) is 13.7. The van der Waals surface area contributed by atoms with E-state index in [0.717, 1.165) is 31.6 Å². The van der Waals surface area contributed by atoms with Gasteiger partial charge in [-0.1, -0.05) is 12.1 Å². The molecule has 0 radical (unpaired) electrons. The molecule has 20 heavy (non-hydrogen) atoms. The van der Waals surface area contributed by atoms with E-state index < -0.39 is 0 Å². The van der Waals surface area contributed by atoms with Crippen LogP contribution in [0.2, 0.25) is 0 Å². The van der Waals surface area contributed by atoms with E-state index in [-0.39, 0.29) is 24.4 Å². The Balaban J connectivity index is 0.00000200. The SMILES string of the molecule is Cc1cccc(NC2CCN(C(=O)C(C)N)CC2)c1.Cl. The molecule has 1 aliphatic heterocycles. The van der Waals surface area contributed by atoms with Gasteiger partial charge in [-0.25, -0.2) is 0 Å². The zero-order valence-corrected chi connectivity index (χ0v) is 13.0. The molecule has 0 aliphatic carbocycles. The van der Waals surface area contributed by atoms with Gasteiger partial charge in [0.15, 0.2) is 0 Å². The van der Waals surface area contributed by atoms with Crippen LogP contribution in [0.4, 0.5) is 5.69 Å². The number of likely N-dealkylation sites (tertiary alicyclic amines) is 1. The Morgan fingerprint density at radius 1 is 1.40 bits per heavy atom. The number of carbonyl (C=O) groups is 1. The number of benzene rings is 1. The largest absolute Gasteiger partial charge is 0.382 e. The van der Waals surface area contributed by atoms with Gasteiger partial charge in [0.05, 0.1) is 6.04 Å². The van der Waals surface area contributed by atoms with Gasteiger partial charge in [0.2, 0.25) is 5.91 Å². The molecule has 5 heteroatoms. The summed E-state index contributed by atoms with van der Waals surface area (Å²) in [6.45, 7) is 5.43. The molecule has 0 saturated carbocycles. The van der Waals surface area contributed by atoms with E-state index in [1.807, 2.05) is 4.90 Å². The maximum atomic E-state index is 11.8. The van der Waals surface area contributed by atoms with Crippen molar-refractivity contribution in [3.8, 4) is 0 Å². The second-order valence-corrected chi connectivity index (χ2v) is 5.40. The van der Waals surface area contributed by atoms with Crippen LogP contribution in [-0.4, -0.2) is 36.0 Å². The maximum absolute atomic E-state index is 11.8. The number of piperidine rings is 1. The number of hydrogen-bond donors (Lipinski definition) is 2. The van der Waals surface area contributed by atoms with Crippen LogP contribution in [0.25, 0.3) is 0 Å². The van der Waals surface area contributed by atoms with Gasteiger partial charge < -0.3 is 16.0 Å². The average molecular weight is 298 g/mol. The lowest BCUT2D eigenvalue weighted by Crippen LogP contribution is -2.48. The summed E-state index contributed by atoms with van der Waals surface area (Å²) >= 11 is 0. The Morgan fingerprint density at radius 2 is 2.05 bits per heavy atom. The van der Waals surface area contributed by atoms with Crippen molar-refractivity contribution < 1.29 is 4.79 Å². The molecule has 1 amide bonds. The highest BCUT2D eigenvalue weighted by Gasteiger charge is 2.24. The number of nitrogens with two attached hydrogens (primary N) is 1. The number of amides is 1. The molecule has 0 aromatic heterocycles. The van der Waals surface area contributed by atoms with Crippen LogP contribution >= 0.6 is 12.4 Å². The maximum Gasteiger partial charge on any atom is 0.239 e. The minimum atomic E-state index is -0.388. The average Bonchev–Trinajstić information content (AvgIpc) is 2.39. The Kier molecular flexibility index (Phi) is 6.30. The van der Waals surface area contributed by atoms with Crippen molar-refractivity contribution >= 4 is 24.0 Å². The Hall–Kier alpha value is -1.26. The summed E-state index contributed by atoms with van der Waals surface area (Å²) in [5.74, 6) is 0.0639. The molecular formula is C15H24ClN3O. The molecule has 1 unspecified atom stereocenters. The van der Waals surface area contributed by atoms with E-state index in [9.17, 15) is 4.79 Å². The number of anilines is 1. The van der Waals surface area contributed by atoms with Gasteiger partial charge in [-0.2, -0.15) is 0 Å². The number of rotatable bonds is 3. The lowest BCUT2D eigenvalue weighted by atomic mass is 10.0. The number of hydrogen-bond acceptors (Lipinski definition) is 3. The predicted octanol–water partition coefficient (Wildman–Crippen LogP) is 2.17. The van der Waals surface area contributed by atoms with Crippen LogP contribution < -0.4 is 11.1 Å². The highest BCUT2D eigenvalue weighted by Crippen LogP contribution is 2.17. The molecule has 0 bridgehead atoms. The van der Waals surface area contributed by atoms with E-state index in [1.165, 1.54) is 5.56 Å². The van der Waals surface area contributed by atoms with Crippen molar-refractivity contribution in [2.45, 2.75) is 38.8 Å². The van der Waals surface area contributed by atoms with Crippen molar-refractivity contribution in [3.05, 3.63) is 29.8 Å². The first-order valence-electron chi connectivity index (χ1n) is 6.94. The van der Waals surface area contributed by atoms with E-state index in [4.69, 9.17) is 5.73 Å². The molecule has 1 aromatic carbocycles. The van der Waals surface area contributed by atoms with Crippen LogP contribution in [0.3, 0.4) is 0 Å². The van der Waals surface area contributed by atoms with Gasteiger partial charge in [-0.15, -0.1) is 12.4 Å². The first-order chi connectivity index (χ1) is 9.06. The number of nitrogens with one attached hydrogen (secondary N) is 1. The van der Waals surface area contributed by atoms with Crippen LogP contribution in [0.15, 0.2) is 24.3 Å². The summed E-state index contributed by atoms with van der Waals surface area (Å²) in [7, 11) is 0. The van der Waals surface area contributed by atoms with Crippen molar-refractivity contribution in [1.29, 1.82) is 0 Å². The minimum Gasteiger partial charge on any atom is -0.382 e. The van der Waals surface area contributed by atoms with Gasteiger partial charge in [-0.05, 0) is 44.4 Å². The van der Waals surface area contributed by atoms with Crippen LogP contribution in [-0.2, 0) is 4.79 Å². The van der Waals surface area contributed by atoms with Crippen LogP contribution in [0.1, 0.15) is 25.3 Å². The summed E-state index contributed by atoms with van der Waals surface area (Å²) < 4.78 is 0. The van der Waals surface area contributed by atoms with Crippen molar-refractivity contribution in [2.75, 3.05) is 18.4 Å². The highest BCUT2D eigenvalue weighted by atomic mass is 35.5. The molecule has 1 atom stereocenters. The first kappa shape index (κ1) is 16.8. The fourth-order valence-electron chi connectivity index (χ4n) is 2.50. The Labute approximate surface area is 127 Å². The fraction of sp³-hybridized carbons (Fsp3) is 0.533. The Morgan fingerprint density at radius 3 is 2.60 bits per heavy atom. The van der Waals surface area contributed by atoms with E-state index >= 15 is 0 Å². The molecule has 1 aromatic rings. The molecule has 1 aliphatic rings. The lowest BCUT2D eigenvalue weighted by molar-refractivity contribution is -0.133. The zero-order valence-electron chi connectivity index (χ0n) is 12.1. The molecule has 3 N–H and O–H groups in total. The number of aryl methyl sites for hydroxylation is 1. The predicted molar refractivity (Wildman–Crippen MR) is 85.3 cm³/mol. The molecule has 0 spiro atoms. The quantitative estimate of drug-likeness (QED) is 0.899. The van der Waals surface area contributed by atoms with Gasteiger partial charge in [0.25, 0.3) is 0 Å². The minimum absolute atomic E-state index is 0. The van der Waals surface area contributed by atoms with E-state index in [1.54, 1.807) is 6.92 Å². The third-order valence-electron chi connectivity index (χ3n) is 3.59. The standard InChI is InChI=1S/C15H23N3O.ClH/c1-11-4-3-5-14(10-11)17-13-6-8-18(9-7-13)15(19)12(2)16;/h3-5,10,12-13,17H,6-9,16H2,1-2H3;1H. The number of halogens is 1. The second kappa shape index (κ2) is 7.50. The van der Waals surface area contributed by atoms with Crippen molar-refractivity contribution in [2.24, 2.45) is 5.73 Å². The van der Waals surface area contributed by atoms with E-state index in [0.29, 0.717) is 6.04 Å². The normalized spacial score (nSPS) is 17.2. The van der Waals surface area contributed by atoms with Gasteiger partial charge in [0.1, 0.15) is 0 Å². The van der Waals surface area contributed by atoms with Crippen LogP contribution in [0.5, 0.6) is 0 Å². The summed E-state index contributed by atoms with van der Waals surface area (Å²) in [6, 6.07) is 8.45. The molecule has 4 nitrogen and oxygen atoms in total. The second-order valence-electron chi connectivity index (χ2n) is 5.40. The molecule has 1 fully saturated rings. The summed E-state index contributed by atoms with van der Waals surface area (Å²) in [6.07, 6.45) is 1.96. The molecule has 2 rings (SSSR count). The number of nitrogens with zero attached hydrogens (tertiary/aromatic N) is 1. The summed E-state index contributed by atoms with van der Waals surface area (Å²) in [5.41, 5.74) is 8.06. The molecular weight excluding hydrogens is 274 g/mol.